The number of methoxy groups -OCH3 is 2. The fourth-order valence-electron chi connectivity index (χ4n) is 3.42. The van der Waals surface area contributed by atoms with E-state index in [1.165, 1.54) is 4.57 Å². The van der Waals surface area contributed by atoms with E-state index in [2.05, 4.69) is 15.1 Å². The lowest BCUT2D eigenvalue weighted by molar-refractivity contribution is 0.394. The van der Waals surface area contributed by atoms with Crippen molar-refractivity contribution in [1.82, 2.24) is 29.3 Å². The lowest BCUT2D eigenvalue weighted by Crippen LogP contribution is -2.20. The molecule has 3 heterocycles. The van der Waals surface area contributed by atoms with Crippen molar-refractivity contribution in [2.24, 2.45) is 14.1 Å². The van der Waals surface area contributed by atoms with Gasteiger partial charge in [-0.25, -0.2) is 15.0 Å². The predicted molar refractivity (Wildman–Crippen MR) is 120 cm³/mol. The van der Waals surface area contributed by atoms with Crippen LogP contribution in [0.4, 0.5) is 5.82 Å². The minimum atomic E-state index is -0.283. The molecular weight excluding hydrogens is 410 g/mol. The van der Waals surface area contributed by atoms with Crippen molar-refractivity contribution in [1.29, 1.82) is 0 Å². The molecule has 164 valence electrons. The Hall–Kier alpha value is -4.21. The molecule has 0 spiro atoms. The Morgan fingerprint density at radius 1 is 0.938 bits per heavy atom. The normalized spacial score (nSPS) is 10.9. The second-order valence-corrected chi connectivity index (χ2v) is 7.28. The average molecular weight is 433 g/mol. The van der Waals surface area contributed by atoms with Crippen LogP contribution in [0.5, 0.6) is 11.5 Å². The highest BCUT2D eigenvalue weighted by Gasteiger charge is 2.18. The van der Waals surface area contributed by atoms with Crippen LogP contribution < -0.4 is 20.8 Å². The van der Waals surface area contributed by atoms with Gasteiger partial charge in [-0.3, -0.25) is 9.48 Å². The summed E-state index contributed by atoms with van der Waals surface area (Å²) in [5, 5.41) is 4.36. The van der Waals surface area contributed by atoms with Gasteiger partial charge in [0.25, 0.3) is 5.56 Å². The maximum atomic E-state index is 12.9. The highest BCUT2D eigenvalue weighted by atomic mass is 16.5. The van der Waals surface area contributed by atoms with Crippen molar-refractivity contribution in [3.8, 4) is 45.4 Å². The SMILES string of the molecule is COc1cc(OC)cc(-c2nc(-c3nc(-c4cn(C)nc4C)cnc3N)cn(C)c2=O)c1. The number of rotatable bonds is 5. The molecule has 10 heteroatoms. The first-order valence-electron chi connectivity index (χ1n) is 9.75. The van der Waals surface area contributed by atoms with Crippen LogP contribution in [0.1, 0.15) is 5.69 Å². The summed E-state index contributed by atoms with van der Waals surface area (Å²) in [5.74, 6) is 1.29. The number of hydrogen-bond acceptors (Lipinski definition) is 8. The second kappa shape index (κ2) is 8.14. The standard InChI is InChI=1S/C22H23N7O3/c1-12-16(10-29(3)27-12)17-9-24-21(23)20(25-17)18-11-28(2)22(30)19(26-18)13-6-14(31-4)8-15(7-13)32-5/h6-11H,1-5H3,(H2,23,24). The lowest BCUT2D eigenvalue weighted by Gasteiger charge is -2.12. The molecule has 0 aliphatic heterocycles. The predicted octanol–water partition coefficient (Wildman–Crippen LogP) is 2.21. The maximum absolute atomic E-state index is 12.9. The number of aromatic nitrogens is 6. The van der Waals surface area contributed by atoms with Crippen LogP contribution in [0.2, 0.25) is 0 Å². The van der Waals surface area contributed by atoms with E-state index in [1.807, 2.05) is 20.2 Å². The third-order valence-corrected chi connectivity index (χ3v) is 5.03. The molecule has 1 aromatic carbocycles. The number of nitrogens with two attached hydrogens (primary N) is 1. The molecular formula is C22H23N7O3. The Morgan fingerprint density at radius 3 is 2.19 bits per heavy atom. The molecule has 0 amide bonds. The fourth-order valence-corrected chi connectivity index (χ4v) is 3.42. The third-order valence-electron chi connectivity index (χ3n) is 5.03. The Bertz CT molecular complexity index is 1350. The summed E-state index contributed by atoms with van der Waals surface area (Å²) in [6.45, 7) is 1.89. The van der Waals surface area contributed by atoms with Crippen LogP contribution in [-0.4, -0.2) is 43.5 Å². The molecule has 4 rings (SSSR count). The number of aryl methyl sites for hydroxylation is 3. The van der Waals surface area contributed by atoms with Gasteiger partial charge in [-0.2, -0.15) is 5.10 Å². The Kier molecular flexibility index (Phi) is 5.35. The molecule has 10 nitrogen and oxygen atoms in total. The van der Waals surface area contributed by atoms with Crippen LogP contribution >= 0.6 is 0 Å². The van der Waals surface area contributed by atoms with Gasteiger partial charge in [0.1, 0.15) is 28.6 Å². The van der Waals surface area contributed by atoms with Crippen LogP contribution in [0.25, 0.3) is 33.9 Å². The van der Waals surface area contributed by atoms with Gasteiger partial charge in [0.15, 0.2) is 5.82 Å². The topological polar surface area (TPSA) is 123 Å². The molecule has 4 aromatic rings. The molecule has 0 aliphatic carbocycles. The number of anilines is 1. The van der Waals surface area contributed by atoms with E-state index in [9.17, 15) is 4.79 Å². The van der Waals surface area contributed by atoms with E-state index in [1.54, 1.807) is 56.5 Å². The average Bonchev–Trinajstić information content (AvgIpc) is 3.13. The van der Waals surface area contributed by atoms with E-state index in [-0.39, 0.29) is 17.1 Å². The van der Waals surface area contributed by atoms with E-state index in [0.29, 0.717) is 34.1 Å². The number of nitrogens with zero attached hydrogens (tertiary/aromatic N) is 6. The van der Waals surface area contributed by atoms with E-state index in [4.69, 9.17) is 20.2 Å². The molecule has 0 atom stereocenters. The summed E-state index contributed by atoms with van der Waals surface area (Å²) in [6.07, 6.45) is 5.05. The van der Waals surface area contributed by atoms with Gasteiger partial charge in [-0.1, -0.05) is 0 Å². The molecule has 0 aliphatic rings. The van der Waals surface area contributed by atoms with Crippen molar-refractivity contribution in [3.63, 3.8) is 0 Å². The summed E-state index contributed by atoms with van der Waals surface area (Å²) in [7, 11) is 6.57. The molecule has 0 radical (unpaired) electrons. The summed E-state index contributed by atoms with van der Waals surface area (Å²) >= 11 is 0. The Balaban J connectivity index is 1.90. The molecule has 0 unspecified atom stereocenters. The van der Waals surface area contributed by atoms with Crippen molar-refractivity contribution in [2.45, 2.75) is 6.92 Å². The third kappa shape index (κ3) is 3.78. The molecule has 0 saturated carbocycles. The zero-order valence-electron chi connectivity index (χ0n) is 18.4. The quantitative estimate of drug-likeness (QED) is 0.508. The zero-order valence-corrected chi connectivity index (χ0v) is 18.4. The van der Waals surface area contributed by atoms with Crippen molar-refractivity contribution in [3.05, 3.63) is 52.8 Å². The summed E-state index contributed by atoms with van der Waals surface area (Å²) in [5.41, 5.74) is 9.68. The monoisotopic (exact) mass is 433 g/mol. The first kappa shape index (κ1) is 21.0. The zero-order chi connectivity index (χ0) is 23.0. The number of nitrogen functional groups attached to an aromatic ring is 1. The smallest absolute Gasteiger partial charge is 0.276 e. The molecule has 0 bridgehead atoms. The summed E-state index contributed by atoms with van der Waals surface area (Å²) < 4.78 is 13.8. The van der Waals surface area contributed by atoms with Crippen LogP contribution in [0.3, 0.4) is 0 Å². The minimum absolute atomic E-state index is 0.204. The molecule has 0 fully saturated rings. The highest BCUT2D eigenvalue weighted by Crippen LogP contribution is 2.30. The largest absolute Gasteiger partial charge is 0.497 e. The lowest BCUT2D eigenvalue weighted by atomic mass is 10.1. The van der Waals surface area contributed by atoms with Gasteiger partial charge in [0, 0.05) is 43.7 Å². The first-order chi connectivity index (χ1) is 15.3. The minimum Gasteiger partial charge on any atom is -0.497 e. The summed E-state index contributed by atoms with van der Waals surface area (Å²) in [6, 6.07) is 5.17. The Morgan fingerprint density at radius 2 is 1.59 bits per heavy atom. The van der Waals surface area contributed by atoms with E-state index in [0.717, 1.165) is 11.3 Å². The van der Waals surface area contributed by atoms with Gasteiger partial charge in [-0.05, 0) is 19.1 Å². The van der Waals surface area contributed by atoms with Crippen LogP contribution in [0, 0.1) is 6.92 Å². The number of ether oxygens (including phenoxy) is 2. The molecule has 2 N–H and O–H groups in total. The van der Waals surface area contributed by atoms with Gasteiger partial charge in [0.2, 0.25) is 0 Å². The molecule has 0 saturated heterocycles. The van der Waals surface area contributed by atoms with Gasteiger partial charge in [-0.15, -0.1) is 0 Å². The van der Waals surface area contributed by atoms with Gasteiger partial charge in [0.05, 0.1) is 31.8 Å². The van der Waals surface area contributed by atoms with Crippen molar-refractivity contribution >= 4 is 5.82 Å². The number of benzene rings is 1. The van der Waals surface area contributed by atoms with Gasteiger partial charge < -0.3 is 19.8 Å². The van der Waals surface area contributed by atoms with Crippen LogP contribution in [-0.2, 0) is 14.1 Å². The second-order valence-electron chi connectivity index (χ2n) is 7.28. The first-order valence-corrected chi connectivity index (χ1v) is 9.75. The summed E-state index contributed by atoms with van der Waals surface area (Å²) in [4.78, 5) is 26.5. The maximum Gasteiger partial charge on any atom is 0.276 e. The van der Waals surface area contributed by atoms with Crippen molar-refractivity contribution in [2.75, 3.05) is 20.0 Å². The molecule has 32 heavy (non-hydrogen) atoms. The highest BCUT2D eigenvalue weighted by molar-refractivity contribution is 5.73. The van der Waals surface area contributed by atoms with E-state index < -0.39 is 0 Å². The van der Waals surface area contributed by atoms with Crippen molar-refractivity contribution < 1.29 is 9.47 Å². The Labute approximate surface area is 184 Å². The molecule has 3 aromatic heterocycles. The van der Waals surface area contributed by atoms with E-state index >= 15 is 0 Å². The van der Waals surface area contributed by atoms with Crippen LogP contribution in [0.15, 0.2) is 41.6 Å². The number of hydrogen-bond donors (Lipinski definition) is 1. The van der Waals surface area contributed by atoms with Gasteiger partial charge >= 0.3 is 0 Å². The fraction of sp³-hybridized carbons (Fsp3) is 0.227.